The Morgan fingerprint density at radius 3 is 1.63 bits per heavy atom. The molecular weight excluding hydrogens is 670 g/mol. The normalized spacial score (nSPS) is 11.7. The number of carboxylic acids is 1. The van der Waals surface area contributed by atoms with Crippen molar-refractivity contribution in [1.82, 2.24) is 19.5 Å². The largest absolute Gasteiger partial charge is 0.497 e. The Balaban J connectivity index is 0.000000192. The SMILES string of the molecule is COc1ccc2cc(C(C)C(=O)O)ccc2c1.COc1ccc2cc(C(C)C(=O)n3cc(F)c(=O)[nH]c3=O)ccc2c1.O=c1[nH]cc(F)c(=O)[nH]1. The molecule has 51 heavy (non-hydrogen) atoms. The van der Waals surface area contributed by atoms with Crippen LogP contribution in [0.1, 0.15) is 41.6 Å². The second kappa shape index (κ2) is 16.2. The first-order chi connectivity index (χ1) is 24.2. The van der Waals surface area contributed by atoms with Gasteiger partial charge in [-0.25, -0.2) is 14.2 Å². The first kappa shape index (κ1) is 37.2. The molecule has 2 aromatic heterocycles. The molecule has 264 valence electrons. The molecule has 15 heteroatoms. The number of aliphatic carboxylic acids is 1. The maximum Gasteiger partial charge on any atom is 0.335 e. The highest BCUT2D eigenvalue weighted by molar-refractivity contribution is 5.89. The molecule has 6 rings (SSSR count). The van der Waals surface area contributed by atoms with Gasteiger partial charge >= 0.3 is 17.3 Å². The Kier molecular flexibility index (Phi) is 11.8. The van der Waals surface area contributed by atoms with Gasteiger partial charge in [0.25, 0.3) is 11.1 Å². The first-order valence-electron chi connectivity index (χ1n) is 15.1. The number of rotatable bonds is 6. The zero-order valence-corrected chi connectivity index (χ0v) is 27.7. The van der Waals surface area contributed by atoms with E-state index in [2.05, 4.69) is 0 Å². The number of methoxy groups -OCH3 is 2. The maximum atomic E-state index is 13.4. The van der Waals surface area contributed by atoms with E-state index in [0.29, 0.717) is 22.5 Å². The van der Waals surface area contributed by atoms with Gasteiger partial charge in [0.2, 0.25) is 17.5 Å². The van der Waals surface area contributed by atoms with Crippen LogP contribution in [0.5, 0.6) is 11.5 Å². The zero-order chi connectivity index (χ0) is 37.4. The van der Waals surface area contributed by atoms with Crippen LogP contribution in [0.2, 0.25) is 0 Å². The Morgan fingerprint density at radius 1 is 0.686 bits per heavy atom. The Hall–Kier alpha value is -6.64. The number of carbonyl (C=O) groups is 2. The number of aromatic amines is 3. The summed E-state index contributed by atoms with van der Waals surface area (Å²) in [4.78, 5) is 72.1. The number of carbonyl (C=O) groups excluding carboxylic acids is 1. The van der Waals surface area contributed by atoms with Crippen LogP contribution in [0, 0.1) is 11.6 Å². The molecule has 0 aliphatic carbocycles. The molecule has 0 bridgehead atoms. The second-order valence-electron chi connectivity index (χ2n) is 11.1. The minimum absolute atomic E-state index is 0.485. The number of aromatic nitrogens is 4. The number of hydrogen-bond donors (Lipinski definition) is 4. The third-order valence-corrected chi connectivity index (χ3v) is 7.79. The number of nitrogens with one attached hydrogen (secondary N) is 3. The fraction of sp³-hybridized carbons (Fsp3) is 0.167. The number of ether oxygens (including phenoxy) is 2. The molecule has 2 unspecified atom stereocenters. The van der Waals surface area contributed by atoms with Gasteiger partial charge in [-0.2, -0.15) is 8.78 Å². The lowest BCUT2D eigenvalue weighted by molar-refractivity contribution is -0.138. The molecule has 4 N–H and O–H groups in total. The molecule has 0 fully saturated rings. The van der Waals surface area contributed by atoms with E-state index in [1.54, 1.807) is 50.2 Å². The van der Waals surface area contributed by atoms with Crippen molar-refractivity contribution in [2.45, 2.75) is 25.7 Å². The van der Waals surface area contributed by atoms with Gasteiger partial charge < -0.3 is 19.6 Å². The van der Waals surface area contributed by atoms with E-state index in [-0.39, 0.29) is 0 Å². The van der Waals surface area contributed by atoms with Crippen LogP contribution < -0.4 is 32.0 Å². The number of carboxylic acid groups (broad SMARTS) is 1. The first-order valence-corrected chi connectivity index (χ1v) is 15.1. The lowest BCUT2D eigenvalue weighted by Gasteiger charge is -2.13. The van der Waals surface area contributed by atoms with Crippen molar-refractivity contribution in [2.24, 2.45) is 0 Å². The van der Waals surface area contributed by atoms with Crippen LogP contribution in [-0.2, 0) is 4.79 Å². The molecule has 0 radical (unpaired) electrons. The number of hydrogen-bond acceptors (Lipinski definition) is 8. The summed E-state index contributed by atoms with van der Waals surface area (Å²) in [6.07, 6.45) is 1.33. The van der Waals surface area contributed by atoms with E-state index in [1.165, 1.54) is 0 Å². The minimum atomic E-state index is -1.19. The number of nitrogens with zero attached hydrogens (tertiary/aromatic N) is 1. The molecule has 2 heterocycles. The van der Waals surface area contributed by atoms with Gasteiger partial charge in [0.15, 0.2) is 0 Å². The third kappa shape index (κ3) is 9.08. The zero-order valence-electron chi connectivity index (χ0n) is 27.7. The summed E-state index contributed by atoms with van der Waals surface area (Å²) in [5, 5.41) is 12.9. The minimum Gasteiger partial charge on any atom is -0.497 e. The fourth-order valence-corrected chi connectivity index (χ4v) is 4.78. The smallest absolute Gasteiger partial charge is 0.335 e. The van der Waals surface area contributed by atoms with Crippen molar-refractivity contribution >= 4 is 33.4 Å². The molecule has 0 saturated heterocycles. The highest BCUT2D eigenvalue weighted by Crippen LogP contribution is 2.27. The second-order valence-corrected chi connectivity index (χ2v) is 11.1. The molecule has 0 aliphatic rings. The van der Waals surface area contributed by atoms with Crippen LogP contribution in [0.15, 0.2) is 104 Å². The van der Waals surface area contributed by atoms with Crippen LogP contribution in [0.3, 0.4) is 0 Å². The van der Waals surface area contributed by atoms with Crippen molar-refractivity contribution in [2.75, 3.05) is 14.2 Å². The molecule has 0 saturated carbocycles. The average molecular weight is 703 g/mol. The Morgan fingerprint density at radius 2 is 1.16 bits per heavy atom. The highest BCUT2D eigenvalue weighted by atomic mass is 19.1. The van der Waals surface area contributed by atoms with Crippen molar-refractivity contribution < 1.29 is 33.0 Å². The van der Waals surface area contributed by atoms with Crippen LogP contribution in [0.4, 0.5) is 8.78 Å². The lowest BCUT2D eigenvalue weighted by atomic mass is 9.97. The molecule has 0 amide bonds. The molecule has 0 spiro atoms. The molecule has 13 nitrogen and oxygen atoms in total. The summed E-state index contributed by atoms with van der Waals surface area (Å²) in [6, 6.07) is 22.4. The topological polar surface area (TPSA) is 193 Å². The van der Waals surface area contributed by atoms with Crippen molar-refractivity contribution in [1.29, 1.82) is 0 Å². The summed E-state index contributed by atoms with van der Waals surface area (Å²) in [6.45, 7) is 3.30. The standard InChI is InChI=1S/C18H15FN2O4.C14H14O3.C4H3FN2O2/c1-10(17(23)21-9-15(19)16(22)20-18(21)24)11-3-4-13-8-14(25-2)6-5-12(13)7-11;1-9(14(15)16)10-3-4-12-8-13(17-2)6-5-11(12)7-10;5-2-1-6-4(9)7-3(2)8/h3-10H,1-2H3,(H,20,22,24);3-9H,1-2H3,(H,15,16);1H,(H2,6,7,8,9). The summed E-state index contributed by atoms with van der Waals surface area (Å²) >= 11 is 0. The average Bonchev–Trinajstić information content (AvgIpc) is 3.13. The summed E-state index contributed by atoms with van der Waals surface area (Å²) in [7, 11) is 3.21. The van der Waals surface area contributed by atoms with Gasteiger partial charge in [0, 0.05) is 6.20 Å². The van der Waals surface area contributed by atoms with E-state index in [9.17, 15) is 37.5 Å². The van der Waals surface area contributed by atoms with Crippen molar-refractivity contribution in [3.63, 3.8) is 0 Å². The number of H-pyrrole nitrogens is 3. The lowest BCUT2D eigenvalue weighted by Crippen LogP contribution is -2.36. The molecular formula is C36H32F2N4O9. The van der Waals surface area contributed by atoms with Gasteiger partial charge in [-0.1, -0.05) is 48.5 Å². The summed E-state index contributed by atoms with van der Waals surface area (Å²) in [5.74, 6) is -3.28. The Labute approximate surface area is 286 Å². The molecule has 6 aromatic rings. The van der Waals surface area contributed by atoms with E-state index in [1.807, 2.05) is 65.6 Å². The van der Waals surface area contributed by atoms with E-state index >= 15 is 0 Å². The molecule has 4 aromatic carbocycles. The maximum absolute atomic E-state index is 13.4. The summed E-state index contributed by atoms with van der Waals surface area (Å²) in [5.41, 5.74) is -2.34. The predicted molar refractivity (Wildman–Crippen MR) is 185 cm³/mol. The van der Waals surface area contributed by atoms with Crippen LogP contribution in [0.25, 0.3) is 21.5 Å². The number of benzene rings is 4. The highest BCUT2D eigenvalue weighted by Gasteiger charge is 2.20. The van der Waals surface area contributed by atoms with Crippen molar-refractivity contribution in [3.05, 3.63) is 150 Å². The van der Waals surface area contributed by atoms with E-state index in [0.717, 1.165) is 38.6 Å². The summed E-state index contributed by atoms with van der Waals surface area (Å²) < 4.78 is 36.3. The van der Waals surface area contributed by atoms with Gasteiger partial charge in [-0.3, -0.25) is 29.1 Å². The third-order valence-electron chi connectivity index (χ3n) is 7.79. The van der Waals surface area contributed by atoms with Crippen LogP contribution >= 0.6 is 0 Å². The molecule has 0 aliphatic heterocycles. The number of fused-ring (bicyclic) bond motifs is 2. The van der Waals surface area contributed by atoms with Crippen molar-refractivity contribution in [3.8, 4) is 11.5 Å². The van der Waals surface area contributed by atoms with Gasteiger partial charge in [-0.15, -0.1) is 0 Å². The number of halogens is 2. The predicted octanol–water partition coefficient (Wildman–Crippen LogP) is 4.52. The van der Waals surface area contributed by atoms with Gasteiger partial charge in [-0.05, 0) is 70.8 Å². The van der Waals surface area contributed by atoms with Gasteiger partial charge in [0.1, 0.15) is 11.5 Å². The Bertz CT molecular complexity index is 2470. The monoisotopic (exact) mass is 702 g/mol. The van der Waals surface area contributed by atoms with E-state index in [4.69, 9.17) is 14.6 Å². The fourth-order valence-electron chi connectivity index (χ4n) is 4.78. The molecule has 2 atom stereocenters. The quantitative estimate of drug-likeness (QED) is 0.193. The van der Waals surface area contributed by atoms with E-state index < -0.39 is 57.8 Å². The van der Waals surface area contributed by atoms with Gasteiger partial charge in [0.05, 0.1) is 32.3 Å². The van der Waals surface area contributed by atoms with Crippen LogP contribution in [-0.4, -0.2) is 50.7 Å².